The van der Waals surface area contributed by atoms with Crippen molar-refractivity contribution >= 4 is 0 Å². The van der Waals surface area contributed by atoms with Crippen LogP contribution in [0.4, 0.5) is 0 Å². The molecule has 0 saturated carbocycles. The van der Waals surface area contributed by atoms with Gasteiger partial charge in [0.2, 0.25) is 0 Å². The molecule has 3 heteroatoms. The average Bonchev–Trinajstić information content (AvgIpc) is 2.22. The van der Waals surface area contributed by atoms with Crippen LogP contribution < -0.4 is 5.32 Å². The van der Waals surface area contributed by atoms with Crippen LogP contribution >= 0.6 is 0 Å². The Morgan fingerprint density at radius 2 is 2.20 bits per heavy atom. The Morgan fingerprint density at radius 1 is 1.53 bits per heavy atom. The topological polar surface area (TPSA) is 35.5 Å². The maximum Gasteiger partial charge on any atom is 0.0869 e. The van der Waals surface area contributed by atoms with Gasteiger partial charge in [0.25, 0.3) is 0 Å². The van der Waals surface area contributed by atoms with Crippen LogP contribution in [0.25, 0.3) is 0 Å². The average molecular weight is 214 g/mol. The molecule has 0 bridgehead atoms. The lowest BCUT2D eigenvalue weighted by Gasteiger charge is -2.28. The molecule has 0 amide bonds. The largest absolute Gasteiger partial charge is 0.388 e. The van der Waals surface area contributed by atoms with Crippen LogP contribution in [0.5, 0.6) is 0 Å². The smallest absolute Gasteiger partial charge is 0.0869 e. The number of nitrogens with one attached hydrogen (secondary N) is 1. The molecular weight excluding hydrogens is 188 g/mol. The number of rotatable bonds is 3. The Morgan fingerprint density at radius 3 is 2.80 bits per heavy atom. The van der Waals surface area contributed by atoms with E-state index < -0.39 is 5.60 Å². The molecule has 2 atom stereocenters. The summed E-state index contributed by atoms with van der Waals surface area (Å²) in [5.41, 5.74) is -0.582. The summed E-state index contributed by atoms with van der Waals surface area (Å²) in [7, 11) is 0. The van der Waals surface area contributed by atoms with Gasteiger partial charge in [0.15, 0.2) is 0 Å². The van der Waals surface area contributed by atoms with Crippen molar-refractivity contribution in [2.75, 3.05) is 26.2 Å². The summed E-state index contributed by atoms with van der Waals surface area (Å²) in [6, 6.07) is 0.478. The van der Waals surface area contributed by atoms with Crippen LogP contribution in [0.15, 0.2) is 0 Å². The van der Waals surface area contributed by atoms with Gasteiger partial charge in [0.05, 0.1) is 5.60 Å². The maximum absolute atomic E-state index is 10.1. The van der Waals surface area contributed by atoms with Crippen LogP contribution in [-0.4, -0.2) is 47.8 Å². The predicted octanol–water partition coefficient (Wildman–Crippen LogP) is 1.08. The van der Waals surface area contributed by atoms with Crippen LogP contribution in [0.2, 0.25) is 0 Å². The van der Waals surface area contributed by atoms with Crippen LogP contribution in [-0.2, 0) is 0 Å². The van der Waals surface area contributed by atoms with Crippen LogP contribution in [0, 0.1) is 5.92 Å². The summed E-state index contributed by atoms with van der Waals surface area (Å²) in [5.74, 6) is 0.737. The third-order valence-corrected chi connectivity index (χ3v) is 2.95. The summed E-state index contributed by atoms with van der Waals surface area (Å²) >= 11 is 0. The summed E-state index contributed by atoms with van der Waals surface area (Å²) < 4.78 is 0. The molecule has 0 radical (unpaired) electrons. The van der Waals surface area contributed by atoms with Crippen molar-refractivity contribution in [2.24, 2.45) is 5.92 Å². The SMILES string of the molecule is CC(C)CCN1CC(C)NCC(C)(O)C1. The van der Waals surface area contributed by atoms with E-state index in [0.29, 0.717) is 12.6 Å². The first kappa shape index (κ1) is 12.9. The van der Waals surface area contributed by atoms with Gasteiger partial charge >= 0.3 is 0 Å². The highest BCUT2D eigenvalue weighted by Crippen LogP contribution is 2.12. The van der Waals surface area contributed by atoms with Gasteiger partial charge in [-0.3, -0.25) is 4.90 Å². The molecule has 1 aliphatic heterocycles. The van der Waals surface area contributed by atoms with Crippen molar-refractivity contribution < 1.29 is 5.11 Å². The van der Waals surface area contributed by atoms with E-state index in [4.69, 9.17) is 0 Å². The van der Waals surface area contributed by atoms with E-state index in [-0.39, 0.29) is 0 Å². The van der Waals surface area contributed by atoms with Gasteiger partial charge in [-0.15, -0.1) is 0 Å². The molecule has 2 unspecified atom stereocenters. The molecule has 0 aromatic carbocycles. The Kier molecular flexibility index (Phi) is 4.56. The molecule has 1 saturated heterocycles. The summed E-state index contributed by atoms with van der Waals surface area (Å²) in [6.07, 6.45) is 1.21. The van der Waals surface area contributed by atoms with E-state index in [1.807, 2.05) is 6.92 Å². The summed E-state index contributed by atoms with van der Waals surface area (Å²) in [4.78, 5) is 2.38. The first-order valence-corrected chi connectivity index (χ1v) is 6.07. The third kappa shape index (κ3) is 4.96. The van der Waals surface area contributed by atoms with E-state index in [0.717, 1.165) is 25.6 Å². The number of β-amino-alcohol motifs (C(OH)–C–C–N with tert-alkyl or cyclic N) is 1. The fraction of sp³-hybridized carbons (Fsp3) is 1.00. The molecule has 15 heavy (non-hydrogen) atoms. The number of nitrogens with zero attached hydrogens (tertiary/aromatic N) is 1. The fourth-order valence-corrected chi connectivity index (χ4v) is 2.06. The minimum Gasteiger partial charge on any atom is -0.388 e. The zero-order chi connectivity index (χ0) is 11.5. The lowest BCUT2D eigenvalue weighted by Crippen LogP contribution is -2.43. The fourth-order valence-electron chi connectivity index (χ4n) is 2.06. The second-order valence-corrected chi connectivity index (χ2v) is 5.70. The van der Waals surface area contributed by atoms with Gasteiger partial charge < -0.3 is 10.4 Å². The minimum absolute atomic E-state index is 0.478. The highest BCUT2D eigenvalue weighted by atomic mass is 16.3. The number of aliphatic hydroxyl groups is 1. The Labute approximate surface area is 93.9 Å². The highest BCUT2D eigenvalue weighted by molar-refractivity contribution is 4.86. The van der Waals surface area contributed by atoms with Crippen molar-refractivity contribution in [1.29, 1.82) is 0 Å². The van der Waals surface area contributed by atoms with Gasteiger partial charge in [-0.25, -0.2) is 0 Å². The normalized spacial score (nSPS) is 34.4. The minimum atomic E-state index is -0.582. The van der Waals surface area contributed by atoms with Gasteiger partial charge in [0.1, 0.15) is 0 Å². The predicted molar refractivity (Wildman–Crippen MR) is 64.0 cm³/mol. The van der Waals surface area contributed by atoms with Crippen molar-refractivity contribution in [3.05, 3.63) is 0 Å². The lowest BCUT2D eigenvalue weighted by atomic mass is 10.1. The standard InChI is InChI=1S/C12H26N2O/c1-10(2)5-6-14-7-11(3)13-8-12(4,15)9-14/h10-11,13,15H,5-9H2,1-4H3. The number of hydrogen-bond donors (Lipinski definition) is 2. The molecule has 1 fully saturated rings. The molecule has 1 aliphatic rings. The first-order chi connectivity index (χ1) is 6.89. The van der Waals surface area contributed by atoms with E-state index in [9.17, 15) is 5.11 Å². The van der Waals surface area contributed by atoms with E-state index >= 15 is 0 Å². The zero-order valence-corrected chi connectivity index (χ0v) is 10.6. The van der Waals surface area contributed by atoms with E-state index in [2.05, 4.69) is 31.0 Å². The van der Waals surface area contributed by atoms with Gasteiger partial charge in [0, 0.05) is 25.7 Å². The van der Waals surface area contributed by atoms with Crippen molar-refractivity contribution in [2.45, 2.75) is 45.8 Å². The highest BCUT2D eigenvalue weighted by Gasteiger charge is 2.28. The first-order valence-electron chi connectivity index (χ1n) is 6.07. The third-order valence-electron chi connectivity index (χ3n) is 2.95. The van der Waals surface area contributed by atoms with Gasteiger partial charge in [-0.2, -0.15) is 0 Å². The molecule has 3 nitrogen and oxygen atoms in total. The molecule has 1 heterocycles. The Balaban J connectivity index is 2.46. The van der Waals surface area contributed by atoms with Crippen LogP contribution in [0.1, 0.15) is 34.1 Å². The quantitative estimate of drug-likeness (QED) is 0.738. The Hall–Kier alpha value is -0.120. The van der Waals surface area contributed by atoms with E-state index in [1.165, 1.54) is 6.42 Å². The second-order valence-electron chi connectivity index (χ2n) is 5.70. The molecule has 0 aromatic heterocycles. The van der Waals surface area contributed by atoms with Gasteiger partial charge in [-0.1, -0.05) is 13.8 Å². The molecule has 1 rings (SSSR count). The molecule has 0 aliphatic carbocycles. The van der Waals surface area contributed by atoms with Crippen molar-refractivity contribution in [3.8, 4) is 0 Å². The number of hydrogen-bond acceptors (Lipinski definition) is 3. The molecule has 2 N–H and O–H groups in total. The van der Waals surface area contributed by atoms with Crippen LogP contribution in [0.3, 0.4) is 0 Å². The van der Waals surface area contributed by atoms with Gasteiger partial charge in [-0.05, 0) is 32.7 Å². The monoisotopic (exact) mass is 214 g/mol. The lowest BCUT2D eigenvalue weighted by molar-refractivity contribution is 0.0331. The maximum atomic E-state index is 10.1. The zero-order valence-electron chi connectivity index (χ0n) is 10.6. The molecule has 0 aromatic rings. The molecular formula is C12H26N2O. The molecule has 0 spiro atoms. The summed E-state index contributed by atoms with van der Waals surface area (Å²) in [5, 5.41) is 13.5. The Bertz CT molecular complexity index is 192. The van der Waals surface area contributed by atoms with Crippen molar-refractivity contribution in [1.82, 2.24) is 10.2 Å². The summed E-state index contributed by atoms with van der Waals surface area (Å²) in [6.45, 7) is 12.2. The van der Waals surface area contributed by atoms with Crippen molar-refractivity contribution in [3.63, 3.8) is 0 Å². The second kappa shape index (κ2) is 5.28. The molecule has 90 valence electrons. The van der Waals surface area contributed by atoms with E-state index in [1.54, 1.807) is 0 Å².